The second kappa shape index (κ2) is 3.64. The molecule has 2 rings (SSSR count). The molecule has 0 radical (unpaired) electrons. The van der Waals surface area contributed by atoms with Crippen molar-refractivity contribution in [1.29, 1.82) is 0 Å². The molecule has 0 aliphatic heterocycles. The highest BCUT2D eigenvalue weighted by Crippen LogP contribution is 2.66. The van der Waals surface area contributed by atoms with Crippen LogP contribution in [0.1, 0.15) is 33.6 Å². The van der Waals surface area contributed by atoms with Crippen molar-refractivity contribution in [2.45, 2.75) is 52.2 Å². The number of fused-ring (bicyclic) bond motifs is 2. The molecule has 3 nitrogen and oxygen atoms in total. The number of alkyl halides is 2. The molecule has 5 heteroatoms. The lowest BCUT2D eigenvalue weighted by molar-refractivity contribution is -0.173. The summed E-state index contributed by atoms with van der Waals surface area (Å²) in [5, 5.41) is 10.2. The molecule has 0 heterocycles. The highest BCUT2D eigenvalue weighted by molar-refractivity contribution is 5.73. The third-order valence-corrected chi connectivity index (χ3v) is 5.16. The Balaban J connectivity index is 2.20. The van der Waals surface area contributed by atoms with Gasteiger partial charge in [0.2, 0.25) is 0 Å². The molecule has 2 fully saturated rings. The molecule has 17 heavy (non-hydrogen) atoms. The summed E-state index contributed by atoms with van der Waals surface area (Å²) in [4.78, 5) is 11.0. The fraction of sp³-hybridized carbons (Fsp3) is 0.917. The molecular formula is C12H18F2O3. The average molecular weight is 248 g/mol. The molecule has 1 N–H and O–H groups in total. The maximum atomic E-state index is 12.2. The summed E-state index contributed by atoms with van der Waals surface area (Å²) < 4.78 is 29.1. The van der Waals surface area contributed by atoms with E-state index in [9.17, 15) is 18.7 Å². The Labute approximate surface area is 99.1 Å². The summed E-state index contributed by atoms with van der Waals surface area (Å²) in [5.74, 6) is -1.56. The Morgan fingerprint density at radius 1 is 1.41 bits per heavy atom. The molecule has 0 saturated heterocycles. The fourth-order valence-corrected chi connectivity index (χ4v) is 3.58. The largest absolute Gasteiger partial charge is 0.455 e. The van der Waals surface area contributed by atoms with E-state index in [1.807, 2.05) is 20.8 Å². The molecule has 2 aliphatic rings. The maximum absolute atomic E-state index is 12.2. The van der Waals surface area contributed by atoms with Crippen LogP contribution in [0.15, 0.2) is 0 Å². The number of esters is 1. The number of aliphatic hydroxyl groups excluding tert-OH is 1. The van der Waals surface area contributed by atoms with Gasteiger partial charge in [-0.15, -0.1) is 0 Å². The number of ether oxygens (including phenoxy) is 1. The minimum absolute atomic E-state index is 0.0369. The SMILES string of the molecule is CC1(C)C2CCC1(C)C(O)C2OC(=O)C(F)F. The zero-order chi connectivity index (χ0) is 13.0. The van der Waals surface area contributed by atoms with Crippen molar-refractivity contribution in [2.75, 3.05) is 0 Å². The first kappa shape index (κ1) is 12.7. The van der Waals surface area contributed by atoms with Crippen LogP contribution in [-0.2, 0) is 9.53 Å². The van der Waals surface area contributed by atoms with Crippen LogP contribution in [0.5, 0.6) is 0 Å². The molecule has 2 aliphatic carbocycles. The molecule has 98 valence electrons. The summed E-state index contributed by atoms with van der Waals surface area (Å²) in [7, 11) is 0. The van der Waals surface area contributed by atoms with E-state index in [1.165, 1.54) is 0 Å². The first-order valence-electron chi connectivity index (χ1n) is 5.88. The van der Waals surface area contributed by atoms with Gasteiger partial charge in [0.15, 0.2) is 0 Å². The molecule has 4 unspecified atom stereocenters. The van der Waals surface area contributed by atoms with Crippen molar-refractivity contribution in [3.63, 3.8) is 0 Å². The van der Waals surface area contributed by atoms with E-state index in [4.69, 9.17) is 4.74 Å². The van der Waals surface area contributed by atoms with Gasteiger partial charge in [0.25, 0.3) is 0 Å². The number of aliphatic hydroxyl groups is 1. The summed E-state index contributed by atoms with van der Waals surface area (Å²) in [6, 6.07) is 0. The van der Waals surface area contributed by atoms with E-state index in [1.54, 1.807) is 0 Å². The van der Waals surface area contributed by atoms with Gasteiger partial charge in [-0.25, -0.2) is 4.79 Å². The van der Waals surface area contributed by atoms with Gasteiger partial charge in [-0.2, -0.15) is 8.78 Å². The Morgan fingerprint density at radius 2 is 2.00 bits per heavy atom. The first-order valence-corrected chi connectivity index (χ1v) is 5.88. The Hall–Kier alpha value is -0.710. The Morgan fingerprint density at radius 3 is 2.41 bits per heavy atom. The van der Waals surface area contributed by atoms with Gasteiger partial charge in [0, 0.05) is 11.3 Å². The third kappa shape index (κ3) is 1.51. The van der Waals surface area contributed by atoms with Gasteiger partial charge in [0.1, 0.15) is 6.10 Å². The topological polar surface area (TPSA) is 46.5 Å². The predicted octanol–water partition coefficient (Wildman–Crippen LogP) is 1.98. The van der Waals surface area contributed by atoms with Crippen molar-refractivity contribution in [1.82, 2.24) is 0 Å². The van der Waals surface area contributed by atoms with Gasteiger partial charge in [-0.05, 0) is 18.3 Å². The summed E-state index contributed by atoms with van der Waals surface area (Å²) in [5.41, 5.74) is -0.551. The van der Waals surface area contributed by atoms with Crippen LogP contribution in [0.25, 0.3) is 0 Å². The van der Waals surface area contributed by atoms with Crippen LogP contribution in [0.3, 0.4) is 0 Å². The quantitative estimate of drug-likeness (QED) is 0.760. The standard InChI is InChI=1S/C12H18F2O3/c1-11(2)6-4-5-12(11,3)8(15)7(6)17-10(16)9(13)14/h6-9,15H,4-5H2,1-3H3. The minimum Gasteiger partial charge on any atom is -0.455 e. The predicted molar refractivity (Wildman–Crippen MR) is 56.5 cm³/mol. The molecule has 2 saturated carbocycles. The Kier molecular flexibility index (Phi) is 2.73. The number of hydrogen-bond acceptors (Lipinski definition) is 3. The molecule has 4 atom stereocenters. The van der Waals surface area contributed by atoms with Crippen molar-refractivity contribution in [3.05, 3.63) is 0 Å². The van der Waals surface area contributed by atoms with Gasteiger partial charge >= 0.3 is 12.4 Å². The van der Waals surface area contributed by atoms with Crippen molar-refractivity contribution >= 4 is 5.97 Å². The lowest BCUT2D eigenvalue weighted by Gasteiger charge is -2.36. The normalized spacial score (nSPS) is 43.1. The van der Waals surface area contributed by atoms with Gasteiger partial charge in [-0.3, -0.25) is 0 Å². The zero-order valence-corrected chi connectivity index (χ0v) is 10.2. The van der Waals surface area contributed by atoms with Crippen molar-refractivity contribution < 1.29 is 23.4 Å². The van der Waals surface area contributed by atoms with Gasteiger partial charge in [0.05, 0.1) is 6.10 Å². The van der Waals surface area contributed by atoms with Gasteiger partial charge < -0.3 is 9.84 Å². The van der Waals surface area contributed by atoms with Crippen LogP contribution < -0.4 is 0 Å². The monoisotopic (exact) mass is 248 g/mol. The van der Waals surface area contributed by atoms with Crippen molar-refractivity contribution in [3.8, 4) is 0 Å². The minimum atomic E-state index is -3.13. The van der Waals surface area contributed by atoms with E-state index in [-0.39, 0.29) is 16.7 Å². The first-order chi connectivity index (χ1) is 7.72. The van der Waals surface area contributed by atoms with Gasteiger partial charge in [-0.1, -0.05) is 20.8 Å². The Bertz CT molecular complexity index is 343. The van der Waals surface area contributed by atoms with E-state index >= 15 is 0 Å². The number of hydrogen-bond donors (Lipinski definition) is 1. The lowest BCUT2D eigenvalue weighted by atomic mass is 9.70. The lowest BCUT2D eigenvalue weighted by Crippen LogP contribution is -2.42. The summed E-state index contributed by atoms with van der Waals surface area (Å²) >= 11 is 0. The highest BCUT2D eigenvalue weighted by Gasteiger charge is 2.67. The smallest absolute Gasteiger partial charge is 0.374 e. The highest BCUT2D eigenvalue weighted by atomic mass is 19.3. The van der Waals surface area contributed by atoms with Crippen LogP contribution in [0.2, 0.25) is 0 Å². The summed E-state index contributed by atoms with van der Waals surface area (Å²) in [6.45, 7) is 5.95. The van der Waals surface area contributed by atoms with Crippen molar-refractivity contribution in [2.24, 2.45) is 16.7 Å². The van der Waals surface area contributed by atoms with Crippen LogP contribution in [0.4, 0.5) is 8.78 Å². The second-order valence-corrected chi connectivity index (χ2v) is 5.93. The number of rotatable bonds is 2. The molecular weight excluding hydrogens is 230 g/mol. The maximum Gasteiger partial charge on any atom is 0.374 e. The van der Waals surface area contributed by atoms with Crippen LogP contribution in [0, 0.1) is 16.7 Å². The molecule has 2 bridgehead atoms. The number of carbonyl (C=O) groups is 1. The molecule has 0 aromatic rings. The average Bonchev–Trinajstić information content (AvgIpc) is 2.52. The molecule has 0 spiro atoms. The number of carbonyl (C=O) groups excluding carboxylic acids is 1. The number of halogens is 2. The molecule has 0 amide bonds. The molecule has 0 aromatic heterocycles. The molecule has 0 aromatic carbocycles. The zero-order valence-electron chi connectivity index (χ0n) is 10.2. The van der Waals surface area contributed by atoms with E-state index < -0.39 is 24.6 Å². The fourth-order valence-electron chi connectivity index (χ4n) is 3.58. The third-order valence-electron chi connectivity index (χ3n) is 5.16. The summed E-state index contributed by atoms with van der Waals surface area (Å²) in [6.07, 6.45) is -3.11. The van der Waals surface area contributed by atoms with Crippen LogP contribution >= 0.6 is 0 Å². The van der Waals surface area contributed by atoms with Crippen LogP contribution in [-0.4, -0.2) is 29.7 Å². The van der Waals surface area contributed by atoms with E-state index in [0.717, 1.165) is 12.8 Å². The second-order valence-electron chi connectivity index (χ2n) is 5.93. The van der Waals surface area contributed by atoms with E-state index in [2.05, 4.69) is 0 Å². The van der Waals surface area contributed by atoms with E-state index in [0.29, 0.717) is 0 Å².